The van der Waals surface area contributed by atoms with E-state index in [4.69, 9.17) is 4.42 Å². The number of aromatic nitrogens is 1. The SMILES string of the molecule is c1oc(C2CNC2)nc1C1CCSC1. The van der Waals surface area contributed by atoms with Gasteiger partial charge < -0.3 is 9.73 Å². The second kappa shape index (κ2) is 3.59. The number of rotatable bonds is 2. The summed E-state index contributed by atoms with van der Waals surface area (Å²) < 4.78 is 5.52. The zero-order valence-corrected chi connectivity index (χ0v) is 8.85. The van der Waals surface area contributed by atoms with E-state index in [1.165, 1.54) is 23.6 Å². The van der Waals surface area contributed by atoms with Crippen LogP contribution in [0, 0.1) is 0 Å². The second-order valence-corrected chi connectivity index (χ2v) is 5.18. The third-order valence-corrected chi connectivity index (χ3v) is 4.18. The molecule has 2 aliphatic rings. The van der Waals surface area contributed by atoms with Crippen LogP contribution in [0.3, 0.4) is 0 Å². The van der Waals surface area contributed by atoms with Gasteiger partial charge in [0.15, 0.2) is 5.89 Å². The molecule has 0 spiro atoms. The van der Waals surface area contributed by atoms with Crippen molar-refractivity contribution in [3.63, 3.8) is 0 Å². The fraction of sp³-hybridized carbons (Fsp3) is 0.700. The Morgan fingerprint density at radius 2 is 2.36 bits per heavy atom. The third-order valence-electron chi connectivity index (χ3n) is 3.02. The molecule has 0 bridgehead atoms. The number of hydrogen-bond acceptors (Lipinski definition) is 4. The molecule has 1 N–H and O–H groups in total. The maximum Gasteiger partial charge on any atom is 0.199 e. The average molecular weight is 210 g/mol. The highest BCUT2D eigenvalue weighted by Crippen LogP contribution is 2.32. The second-order valence-electron chi connectivity index (χ2n) is 4.03. The molecule has 0 aliphatic carbocycles. The van der Waals surface area contributed by atoms with Gasteiger partial charge in [0.05, 0.1) is 11.6 Å². The molecule has 1 aromatic heterocycles. The Bertz CT molecular complexity index is 316. The number of nitrogens with one attached hydrogen (secondary N) is 1. The first-order valence-electron chi connectivity index (χ1n) is 5.17. The molecule has 2 saturated heterocycles. The van der Waals surface area contributed by atoms with Gasteiger partial charge in [-0.25, -0.2) is 4.98 Å². The Kier molecular flexibility index (Phi) is 2.25. The summed E-state index contributed by atoms with van der Waals surface area (Å²) in [6.07, 6.45) is 3.13. The molecule has 0 amide bonds. The molecule has 2 fully saturated rings. The summed E-state index contributed by atoms with van der Waals surface area (Å²) >= 11 is 2.02. The fourth-order valence-corrected chi connectivity index (χ4v) is 3.15. The van der Waals surface area contributed by atoms with Crippen LogP contribution < -0.4 is 5.32 Å². The summed E-state index contributed by atoms with van der Waals surface area (Å²) in [5.74, 6) is 4.60. The van der Waals surface area contributed by atoms with Crippen molar-refractivity contribution in [1.29, 1.82) is 0 Å². The molecule has 3 nitrogen and oxygen atoms in total. The van der Waals surface area contributed by atoms with Crippen molar-refractivity contribution in [3.05, 3.63) is 17.8 Å². The van der Waals surface area contributed by atoms with E-state index in [0.29, 0.717) is 11.8 Å². The van der Waals surface area contributed by atoms with E-state index in [1.54, 1.807) is 0 Å². The highest BCUT2D eigenvalue weighted by atomic mass is 32.2. The monoisotopic (exact) mass is 210 g/mol. The minimum Gasteiger partial charge on any atom is -0.448 e. The van der Waals surface area contributed by atoms with Gasteiger partial charge in [-0.1, -0.05) is 0 Å². The lowest BCUT2D eigenvalue weighted by Gasteiger charge is -2.23. The van der Waals surface area contributed by atoms with Crippen LogP contribution in [0.1, 0.15) is 29.8 Å². The van der Waals surface area contributed by atoms with Crippen LogP contribution in [0.2, 0.25) is 0 Å². The van der Waals surface area contributed by atoms with Crippen LogP contribution in [0.4, 0.5) is 0 Å². The van der Waals surface area contributed by atoms with Crippen molar-refractivity contribution in [2.75, 3.05) is 24.6 Å². The van der Waals surface area contributed by atoms with E-state index in [9.17, 15) is 0 Å². The van der Waals surface area contributed by atoms with E-state index in [1.807, 2.05) is 18.0 Å². The van der Waals surface area contributed by atoms with Crippen molar-refractivity contribution in [2.24, 2.45) is 0 Å². The number of thioether (sulfide) groups is 1. The van der Waals surface area contributed by atoms with E-state index < -0.39 is 0 Å². The first kappa shape index (κ1) is 8.80. The summed E-state index contributed by atoms with van der Waals surface area (Å²) in [4.78, 5) is 4.59. The van der Waals surface area contributed by atoms with Gasteiger partial charge >= 0.3 is 0 Å². The molecule has 4 heteroatoms. The lowest BCUT2D eigenvalue weighted by atomic mass is 10.0. The molecule has 0 aromatic carbocycles. The zero-order valence-electron chi connectivity index (χ0n) is 8.03. The van der Waals surface area contributed by atoms with Crippen molar-refractivity contribution in [2.45, 2.75) is 18.3 Å². The topological polar surface area (TPSA) is 38.1 Å². The first-order chi connectivity index (χ1) is 6.93. The molecular weight excluding hydrogens is 196 g/mol. The molecule has 1 atom stereocenters. The van der Waals surface area contributed by atoms with Crippen molar-refractivity contribution in [1.82, 2.24) is 10.3 Å². The fourth-order valence-electron chi connectivity index (χ4n) is 1.91. The summed E-state index contributed by atoms with van der Waals surface area (Å²) in [6, 6.07) is 0. The highest BCUT2D eigenvalue weighted by Gasteiger charge is 2.26. The molecule has 76 valence electrons. The maximum atomic E-state index is 5.52. The van der Waals surface area contributed by atoms with Crippen LogP contribution in [-0.2, 0) is 0 Å². The normalized spacial score (nSPS) is 27.9. The van der Waals surface area contributed by atoms with Crippen LogP contribution in [0.25, 0.3) is 0 Å². The van der Waals surface area contributed by atoms with Gasteiger partial charge in [0.25, 0.3) is 0 Å². The smallest absolute Gasteiger partial charge is 0.199 e. The maximum absolute atomic E-state index is 5.52. The van der Waals surface area contributed by atoms with Gasteiger partial charge in [0, 0.05) is 24.8 Å². The van der Waals surface area contributed by atoms with Crippen LogP contribution in [-0.4, -0.2) is 29.6 Å². The van der Waals surface area contributed by atoms with Crippen molar-refractivity contribution in [3.8, 4) is 0 Å². The van der Waals surface area contributed by atoms with Crippen LogP contribution in [0.5, 0.6) is 0 Å². The van der Waals surface area contributed by atoms with Crippen molar-refractivity contribution < 1.29 is 4.42 Å². The van der Waals surface area contributed by atoms with E-state index in [2.05, 4.69) is 10.3 Å². The highest BCUT2D eigenvalue weighted by molar-refractivity contribution is 7.99. The molecule has 3 rings (SSSR count). The zero-order chi connectivity index (χ0) is 9.38. The van der Waals surface area contributed by atoms with Crippen LogP contribution >= 0.6 is 11.8 Å². The quantitative estimate of drug-likeness (QED) is 0.804. The van der Waals surface area contributed by atoms with Gasteiger partial charge in [0.2, 0.25) is 0 Å². The summed E-state index contributed by atoms with van der Waals surface area (Å²) in [7, 11) is 0. The molecule has 3 heterocycles. The molecule has 0 radical (unpaired) electrons. The average Bonchev–Trinajstić information content (AvgIpc) is 2.65. The van der Waals surface area contributed by atoms with Gasteiger partial charge in [-0.3, -0.25) is 0 Å². The standard InChI is InChI=1S/C10H14N2OS/c1-2-14-6-7(1)9-5-13-10(12-9)8-3-11-4-8/h5,7-8,11H,1-4,6H2. The Labute approximate surface area is 87.7 Å². The number of hydrogen-bond donors (Lipinski definition) is 1. The molecule has 1 aromatic rings. The summed E-state index contributed by atoms with van der Waals surface area (Å²) in [5.41, 5.74) is 1.18. The Morgan fingerprint density at radius 3 is 3.00 bits per heavy atom. The van der Waals surface area contributed by atoms with Crippen molar-refractivity contribution >= 4 is 11.8 Å². The largest absolute Gasteiger partial charge is 0.448 e. The van der Waals surface area contributed by atoms with Gasteiger partial charge in [-0.15, -0.1) is 0 Å². The molecule has 1 unspecified atom stereocenters. The first-order valence-corrected chi connectivity index (χ1v) is 6.33. The minimum atomic E-state index is 0.526. The Hall–Kier alpha value is -0.480. The van der Waals surface area contributed by atoms with Gasteiger partial charge in [-0.05, 0) is 12.2 Å². The minimum absolute atomic E-state index is 0.526. The lowest BCUT2D eigenvalue weighted by molar-refractivity contribution is 0.357. The predicted molar refractivity (Wildman–Crippen MR) is 56.8 cm³/mol. The van der Waals surface area contributed by atoms with E-state index in [-0.39, 0.29) is 0 Å². The molecule has 2 aliphatic heterocycles. The van der Waals surface area contributed by atoms with E-state index in [0.717, 1.165) is 19.0 Å². The molecular formula is C10H14N2OS. The molecule has 0 saturated carbocycles. The third kappa shape index (κ3) is 1.46. The summed E-state index contributed by atoms with van der Waals surface area (Å²) in [5, 5.41) is 3.23. The van der Waals surface area contributed by atoms with Gasteiger partial charge in [0.1, 0.15) is 6.26 Å². The van der Waals surface area contributed by atoms with Crippen LogP contribution in [0.15, 0.2) is 10.7 Å². The van der Waals surface area contributed by atoms with Gasteiger partial charge in [-0.2, -0.15) is 11.8 Å². The molecule has 14 heavy (non-hydrogen) atoms. The Balaban J connectivity index is 1.75. The van der Waals surface area contributed by atoms with E-state index >= 15 is 0 Å². The predicted octanol–water partition coefficient (Wildman–Crippen LogP) is 1.58. The number of nitrogens with zero attached hydrogens (tertiary/aromatic N) is 1. The number of oxazole rings is 1. The summed E-state index contributed by atoms with van der Waals surface area (Å²) in [6.45, 7) is 2.05. The lowest BCUT2D eigenvalue weighted by Crippen LogP contribution is -2.40. The Morgan fingerprint density at radius 1 is 1.43 bits per heavy atom.